The maximum Gasteiger partial charge on any atom is 0.289 e. The van der Waals surface area contributed by atoms with E-state index >= 15 is 0 Å². The highest BCUT2D eigenvalue weighted by molar-refractivity contribution is 7.89. The molecular formula is C24H29N3O6S. The van der Waals surface area contributed by atoms with Crippen molar-refractivity contribution in [1.29, 1.82) is 0 Å². The maximum absolute atomic E-state index is 13.0. The fourth-order valence-corrected chi connectivity index (χ4v) is 6.11. The van der Waals surface area contributed by atoms with Gasteiger partial charge in [-0.25, -0.2) is 8.42 Å². The van der Waals surface area contributed by atoms with E-state index in [1.54, 1.807) is 4.90 Å². The van der Waals surface area contributed by atoms with Gasteiger partial charge in [-0.2, -0.15) is 4.31 Å². The van der Waals surface area contributed by atoms with Gasteiger partial charge in [-0.3, -0.25) is 14.9 Å². The molecule has 0 N–H and O–H groups in total. The van der Waals surface area contributed by atoms with Gasteiger partial charge in [-0.15, -0.1) is 0 Å². The van der Waals surface area contributed by atoms with Crippen molar-refractivity contribution in [1.82, 2.24) is 9.21 Å². The van der Waals surface area contributed by atoms with Gasteiger partial charge in [0.1, 0.15) is 5.75 Å². The summed E-state index contributed by atoms with van der Waals surface area (Å²) >= 11 is 0. The molecule has 0 aromatic heterocycles. The number of aryl methyl sites for hydroxylation is 1. The zero-order valence-corrected chi connectivity index (χ0v) is 19.8. The SMILES string of the molecule is O=C(CCc1cccc(OC2CCCC2)c1)N1CCN(S(=O)(=O)c2ccccc2[N+](=O)[O-])CC1. The first-order valence-electron chi connectivity index (χ1n) is 11.6. The predicted molar refractivity (Wildman–Crippen MR) is 126 cm³/mol. The molecule has 34 heavy (non-hydrogen) atoms. The van der Waals surface area contributed by atoms with Crippen molar-refractivity contribution in [3.05, 3.63) is 64.2 Å². The minimum Gasteiger partial charge on any atom is -0.490 e. The number of para-hydroxylation sites is 1. The van der Waals surface area contributed by atoms with Crippen molar-refractivity contribution in [2.45, 2.75) is 49.5 Å². The molecule has 1 saturated heterocycles. The van der Waals surface area contributed by atoms with Crippen LogP contribution >= 0.6 is 0 Å². The molecule has 1 aliphatic heterocycles. The normalized spacial score (nSPS) is 17.6. The van der Waals surface area contributed by atoms with Crippen molar-refractivity contribution >= 4 is 21.6 Å². The molecule has 1 aliphatic carbocycles. The molecule has 2 aliphatic rings. The van der Waals surface area contributed by atoms with Crippen LogP contribution in [0.2, 0.25) is 0 Å². The summed E-state index contributed by atoms with van der Waals surface area (Å²) in [4.78, 5) is 24.6. The molecule has 4 rings (SSSR count). The summed E-state index contributed by atoms with van der Waals surface area (Å²) in [6.07, 6.45) is 5.76. The fraction of sp³-hybridized carbons (Fsp3) is 0.458. The number of carbonyl (C=O) groups excluding carboxylic acids is 1. The Morgan fingerprint density at radius 1 is 1.03 bits per heavy atom. The maximum atomic E-state index is 13.0. The summed E-state index contributed by atoms with van der Waals surface area (Å²) in [5.41, 5.74) is 0.585. The molecule has 2 aromatic carbocycles. The Kier molecular flexibility index (Phi) is 7.47. The summed E-state index contributed by atoms with van der Waals surface area (Å²) < 4.78 is 33.2. The van der Waals surface area contributed by atoms with Gasteiger partial charge in [-0.1, -0.05) is 24.3 Å². The van der Waals surface area contributed by atoms with Crippen LogP contribution in [0.25, 0.3) is 0 Å². The van der Waals surface area contributed by atoms with Crippen LogP contribution in [0.4, 0.5) is 5.69 Å². The van der Waals surface area contributed by atoms with Gasteiger partial charge in [0, 0.05) is 38.7 Å². The number of amides is 1. The van der Waals surface area contributed by atoms with Crippen LogP contribution in [0, 0.1) is 10.1 Å². The Bertz CT molecular complexity index is 1140. The molecule has 0 spiro atoms. The second kappa shape index (κ2) is 10.5. The molecule has 1 amide bonds. The van der Waals surface area contributed by atoms with Crippen LogP contribution in [-0.4, -0.2) is 60.7 Å². The number of nitro benzene ring substituents is 1. The van der Waals surface area contributed by atoms with E-state index < -0.39 is 20.6 Å². The molecule has 9 nitrogen and oxygen atoms in total. The van der Waals surface area contributed by atoms with Crippen molar-refractivity contribution < 1.29 is 22.9 Å². The summed E-state index contributed by atoms with van der Waals surface area (Å²) in [7, 11) is -4.02. The summed E-state index contributed by atoms with van der Waals surface area (Å²) in [6, 6.07) is 13.2. The molecule has 2 aromatic rings. The average molecular weight is 488 g/mol. The van der Waals surface area contributed by atoms with Crippen LogP contribution in [-0.2, 0) is 21.2 Å². The van der Waals surface area contributed by atoms with Gasteiger partial charge in [0.25, 0.3) is 5.69 Å². The minimum absolute atomic E-state index is 0.0372. The standard InChI is InChI=1S/C24H29N3O6S/c28-24(13-12-19-6-5-9-21(18-19)33-20-7-1-2-8-20)25-14-16-26(17-15-25)34(31,32)23-11-4-3-10-22(23)27(29)30/h3-6,9-11,18,20H,1-2,7-8,12-17H2. The Morgan fingerprint density at radius 2 is 1.74 bits per heavy atom. The number of hydrogen-bond acceptors (Lipinski definition) is 6. The molecule has 0 atom stereocenters. The summed E-state index contributed by atoms with van der Waals surface area (Å²) in [6.45, 7) is 0.711. The van der Waals surface area contributed by atoms with Gasteiger partial charge >= 0.3 is 0 Å². The summed E-state index contributed by atoms with van der Waals surface area (Å²) in [5.74, 6) is 0.801. The third kappa shape index (κ3) is 5.56. The van der Waals surface area contributed by atoms with Gasteiger partial charge in [-0.05, 0) is 55.9 Å². The van der Waals surface area contributed by atoms with Gasteiger partial charge < -0.3 is 9.64 Å². The Hall–Kier alpha value is -2.98. The van der Waals surface area contributed by atoms with Crippen molar-refractivity contribution in [3.8, 4) is 5.75 Å². The van der Waals surface area contributed by atoms with Gasteiger partial charge in [0.05, 0.1) is 11.0 Å². The lowest BCUT2D eigenvalue weighted by Gasteiger charge is -2.34. The van der Waals surface area contributed by atoms with Crippen LogP contribution in [0.15, 0.2) is 53.4 Å². The first-order chi connectivity index (χ1) is 16.3. The average Bonchev–Trinajstić information content (AvgIpc) is 3.36. The Morgan fingerprint density at radius 3 is 2.44 bits per heavy atom. The van der Waals surface area contributed by atoms with Crippen molar-refractivity contribution in [2.75, 3.05) is 26.2 Å². The van der Waals surface area contributed by atoms with Gasteiger partial charge in [0.15, 0.2) is 4.90 Å². The number of nitrogens with zero attached hydrogens (tertiary/aromatic N) is 3. The lowest BCUT2D eigenvalue weighted by atomic mass is 10.1. The molecule has 182 valence electrons. The lowest BCUT2D eigenvalue weighted by Crippen LogP contribution is -2.50. The minimum atomic E-state index is -4.02. The largest absolute Gasteiger partial charge is 0.490 e. The predicted octanol–water partition coefficient (Wildman–Crippen LogP) is 3.38. The number of benzene rings is 2. The van der Waals surface area contributed by atoms with E-state index in [9.17, 15) is 23.3 Å². The Labute approximate surface area is 199 Å². The number of rotatable bonds is 8. The van der Waals surface area contributed by atoms with E-state index in [1.807, 2.05) is 24.3 Å². The second-order valence-electron chi connectivity index (χ2n) is 8.68. The lowest BCUT2D eigenvalue weighted by molar-refractivity contribution is -0.387. The smallest absolute Gasteiger partial charge is 0.289 e. The van der Waals surface area contributed by atoms with Gasteiger partial charge in [0.2, 0.25) is 15.9 Å². The van der Waals surface area contributed by atoms with E-state index in [0.29, 0.717) is 12.8 Å². The van der Waals surface area contributed by atoms with E-state index in [1.165, 1.54) is 41.4 Å². The fourth-order valence-electron chi connectivity index (χ4n) is 4.53. The first-order valence-corrected chi connectivity index (χ1v) is 13.1. The molecule has 1 saturated carbocycles. The molecule has 2 fully saturated rings. The highest BCUT2D eigenvalue weighted by Crippen LogP contribution is 2.27. The number of carbonyl (C=O) groups is 1. The third-order valence-corrected chi connectivity index (χ3v) is 8.35. The highest BCUT2D eigenvalue weighted by atomic mass is 32.2. The molecule has 0 bridgehead atoms. The van der Waals surface area contributed by atoms with Crippen molar-refractivity contribution in [2.24, 2.45) is 0 Å². The third-order valence-electron chi connectivity index (χ3n) is 6.40. The molecule has 10 heteroatoms. The Balaban J connectivity index is 1.31. The zero-order valence-electron chi connectivity index (χ0n) is 19.0. The monoisotopic (exact) mass is 487 g/mol. The highest BCUT2D eigenvalue weighted by Gasteiger charge is 2.34. The quantitative estimate of drug-likeness (QED) is 0.417. The second-order valence-corrected chi connectivity index (χ2v) is 10.6. The van der Waals surface area contributed by atoms with Crippen LogP contribution < -0.4 is 4.74 Å². The molecule has 0 unspecified atom stereocenters. The van der Waals surface area contributed by atoms with Crippen LogP contribution in [0.5, 0.6) is 5.75 Å². The molecule has 0 radical (unpaired) electrons. The van der Waals surface area contributed by atoms with Crippen molar-refractivity contribution in [3.63, 3.8) is 0 Å². The number of ether oxygens (including phenoxy) is 1. The number of hydrogen-bond donors (Lipinski definition) is 0. The van der Waals surface area contributed by atoms with E-state index in [2.05, 4.69) is 0 Å². The van der Waals surface area contributed by atoms with E-state index in [0.717, 1.165) is 24.2 Å². The van der Waals surface area contributed by atoms with E-state index in [-0.39, 0.29) is 43.1 Å². The van der Waals surface area contributed by atoms with Crippen LogP contribution in [0.1, 0.15) is 37.7 Å². The molecule has 1 heterocycles. The zero-order chi connectivity index (χ0) is 24.1. The number of piperazine rings is 1. The first kappa shape index (κ1) is 24.2. The summed E-state index contributed by atoms with van der Waals surface area (Å²) in [5, 5.41) is 11.3. The van der Waals surface area contributed by atoms with Crippen LogP contribution in [0.3, 0.4) is 0 Å². The molecular weight excluding hydrogens is 458 g/mol. The topological polar surface area (TPSA) is 110 Å². The number of nitro groups is 1. The number of sulfonamides is 1. The van der Waals surface area contributed by atoms with E-state index in [4.69, 9.17) is 4.74 Å².